The van der Waals surface area contributed by atoms with Crippen LogP contribution in [0.15, 0.2) is 23.0 Å². The van der Waals surface area contributed by atoms with Crippen LogP contribution in [0.2, 0.25) is 10.0 Å². The van der Waals surface area contributed by atoms with Gasteiger partial charge >= 0.3 is 6.09 Å². The van der Waals surface area contributed by atoms with Gasteiger partial charge in [0.1, 0.15) is 11.5 Å². The standard InChI is InChI=1S/C20H24Cl2N4O4/c1-4-14-17(23-15-9-26(20(28)29)10-16(15)30-5-2)19(27)25(3)18(24-14)12-7-6-11(21)8-13(12)22/h6-8,15-16,23H,4-5,9-10H2,1-3H3,(H,28,29)/t15-,16+/m1/s1. The number of rotatable bonds is 6. The molecule has 0 unspecified atom stereocenters. The molecule has 0 spiro atoms. The third-order valence-corrected chi connectivity index (χ3v) is 5.67. The minimum absolute atomic E-state index is 0.219. The third-order valence-electron chi connectivity index (χ3n) is 5.12. The van der Waals surface area contributed by atoms with Crippen molar-refractivity contribution < 1.29 is 14.6 Å². The Labute approximate surface area is 184 Å². The number of nitrogens with one attached hydrogen (secondary N) is 1. The summed E-state index contributed by atoms with van der Waals surface area (Å²) in [5, 5.41) is 13.4. The van der Waals surface area contributed by atoms with Gasteiger partial charge in [-0.2, -0.15) is 0 Å². The number of anilines is 1. The fourth-order valence-corrected chi connectivity index (χ4v) is 4.09. The quantitative estimate of drug-likeness (QED) is 0.692. The normalized spacial score (nSPS) is 18.6. The average molecular weight is 455 g/mol. The van der Waals surface area contributed by atoms with E-state index in [9.17, 15) is 14.7 Å². The molecule has 162 valence electrons. The summed E-state index contributed by atoms with van der Waals surface area (Å²) in [6, 6.07) is 4.67. The van der Waals surface area contributed by atoms with E-state index in [1.807, 2.05) is 13.8 Å². The van der Waals surface area contributed by atoms with E-state index in [0.717, 1.165) is 0 Å². The zero-order valence-electron chi connectivity index (χ0n) is 17.0. The number of hydrogen-bond acceptors (Lipinski definition) is 5. The van der Waals surface area contributed by atoms with E-state index in [1.54, 1.807) is 25.2 Å². The summed E-state index contributed by atoms with van der Waals surface area (Å²) in [5.74, 6) is 0.434. The number of nitrogens with zero attached hydrogens (tertiary/aromatic N) is 3. The molecule has 0 aliphatic carbocycles. The van der Waals surface area contributed by atoms with Gasteiger partial charge in [-0.25, -0.2) is 9.78 Å². The zero-order valence-corrected chi connectivity index (χ0v) is 18.5. The number of carbonyl (C=O) groups is 1. The van der Waals surface area contributed by atoms with Gasteiger partial charge in [0.05, 0.1) is 29.4 Å². The highest BCUT2D eigenvalue weighted by Gasteiger charge is 2.36. The first-order chi connectivity index (χ1) is 14.3. The van der Waals surface area contributed by atoms with E-state index >= 15 is 0 Å². The first-order valence-corrected chi connectivity index (χ1v) is 10.4. The van der Waals surface area contributed by atoms with Crippen LogP contribution in [0.5, 0.6) is 0 Å². The highest BCUT2D eigenvalue weighted by Crippen LogP contribution is 2.29. The summed E-state index contributed by atoms with van der Waals surface area (Å²) in [6.45, 7) is 4.66. The highest BCUT2D eigenvalue weighted by atomic mass is 35.5. The lowest BCUT2D eigenvalue weighted by molar-refractivity contribution is 0.0629. The van der Waals surface area contributed by atoms with Crippen LogP contribution in [-0.4, -0.2) is 57.5 Å². The minimum Gasteiger partial charge on any atom is -0.465 e. The second kappa shape index (κ2) is 9.24. The summed E-state index contributed by atoms with van der Waals surface area (Å²) in [5.41, 5.74) is 1.25. The molecule has 3 rings (SSSR count). The van der Waals surface area contributed by atoms with Crippen molar-refractivity contribution in [2.45, 2.75) is 32.4 Å². The van der Waals surface area contributed by atoms with Crippen molar-refractivity contribution in [3.8, 4) is 11.4 Å². The van der Waals surface area contributed by atoms with Gasteiger partial charge in [0.2, 0.25) is 0 Å². The number of benzene rings is 1. The first-order valence-electron chi connectivity index (χ1n) is 9.68. The molecule has 2 heterocycles. The van der Waals surface area contributed by atoms with Crippen molar-refractivity contribution in [3.05, 3.63) is 44.3 Å². The maximum atomic E-state index is 13.2. The number of aryl methyl sites for hydroxylation is 1. The topological polar surface area (TPSA) is 96.7 Å². The SMILES string of the molecule is CCO[C@H]1CN(C(=O)O)C[C@H]1Nc1c(CC)nc(-c2ccc(Cl)cc2Cl)n(C)c1=O. The van der Waals surface area contributed by atoms with Crippen LogP contribution in [0.4, 0.5) is 10.5 Å². The highest BCUT2D eigenvalue weighted by molar-refractivity contribution is 6.36. The van der Waals surface area contributed by atoms with Crippen LogP contribution in [0, 0.1) is 0 Å². The number of amides is 1. The fraction of sp³-hybridized carbons (Fsp3) is 0.450. The maximum absolute atomic E-state index is 13.2. The first kappa shape index (κ1) is 22.4. The summed E-state index contributed by atoms with van der Waals surface area (Å²) < 4.78 is 7.13. The molecule has 2 atom stereocenters. The summed E-state index contributed by atoms with van der Waals surface area (Å²) in [7, 11) is 1.62. The molecule has 8 nitrogen and oxygen atoms in total. The smallest absolute Gasteiger partial charge is 0.407 e. The number of halogens is 2. The second-order valence-corrected chi connectivity index (χ2v) is 7.87. The van der Waals surface area contributed by atoms with Crippen LogP contribution >= 0.6 is 23.2 Å². The van der Waals surface area contributed by atoms with E-state index in [0.29, 0.717) is 45.8 Å². The van der Waals surface area contributed by atoms with Crippen molar-refractivity contribution in [3.63, 3.8) is 0 Å². The molecular weight excluding hydrogens is 431 g/mol. The van der Waals surface area contributed by atoms with Gasteiger partial charge in [-0.05, 0) is 31.5 Å². The summed E-state index contributed by atoms with van der Waals surface area (Å²) in [4.78, 5) is 30.6. The van der Waals surface area contributed by atoms with Crippen LogP contribution in [0.25, 0.3) is 11.4 Å². The van der Waals surface area contributed by atoms with E-state index in [-0.39, 0.29) is 30.8 Å². The average Bonchev–Trinajstić information content (AvgIpc) is 3.10. The largest absolute Gasteiger partial charge is 0.465 e. The molecule has 1 aromatic heterocycles. The molecule has 1 saturated heterocycles. The molecule has 1 fully saturated rings. The van der Waals surface area contributed by atoms with Gasteiger partial charge in [-0.1, -0.05) is 30.1 Å². The molecular formula is C20H24Cl2N4O4. The summed E-state index contributed by atoms with van der Waals surface area (Å²) >= 11 is 12.3. The molecule has 1 aromatic carbocycles. The molecule has 2 aromatic rings. The van der Waals surface area contributed by atoms with E-state index in [1.165, 1.54) is 9.47 Å². The Kier molecular flexibility index (Phi) is 6.90. The minimum atomic E-state index is -1.02. The predicted molar refractivity (Wildman–Crippen MR) is 117 cm³/mol. The Bertz CT molecular complexity index is 1010. The Hall–Kier alpha value is -2.29. The van der Waals surface area contributed by atoms with Gasteiger partial charge in [0, 0.05) is 30.8 Å². The number of hydrogen-bond donors (Lipinski definition) is 2. The number of ether oxygens (including phenoxy) is 1. The van der Waals surface area contributed by atoms with Gasteiger partial charge in [-0.15, -0.1) is 0 Å². The predicted octanol–water partition coefficient (Wildman–Crippen LogP) is 3.50. The molecule has 0 radical (unpaired) electrons. The zero-order chi connectivity index (χ0) is 22.0. The Morgan fingerprint density at radius 3 is 2.67 bits per heavy atom. The van der Waals surface area contributed by atoms with Crippen LogP contribution in [0.1, 0.15) is 19.5 Å². The van der Waals surface area contributed by atoms with Gasteiger partial charge in [-0.3, -0.25) is 9.36 Å². The molecule has 30 heavy (non-hydrogen) atoms. The van der Waals surface area contributed by atoms with E-state index in [4.69, 9.17) is 27.9 Å². The Morgan fingerprint density at radius 1 is 1.33 bits per heavy atom. The molecule has 10 heteroatoms. The van der Waals surface area contributed by atoms with Crippen LogP contribution < -0.4 is 10.9 Å². The molecule has 1 aliphatic rings. The Balaban J connectivity index is 2.01. The van der Waals surface area contributed by atoms with Crippen molar-refractivity contribution in [1.29, 1.82) is 0 Å². The lowest BCUT2D eigenvalue weighted by Gasteiger charge is -2.22. The molecule has 1 aliphatic heterocycles. The summed E-state index contributed by atoms with van der Waals surface area (Å²) in [6.07, 6.45) is -0.866. The molecule has 0 bridgehead atoms. The van der Waals surface area contributed by atoms with E-state index < -0.39 is 6.09 Å². The van der Waals surface area contributed by atoms with E-state index in [2.05, 4.69) is 10.3 Å². The van der Waals surface area contributed by atoms with Crippen molar-refractivity contribution in [2.75, 3.05) is 25.0 Å². The number of aromatic nitrogens is 2. The van der Waals surface area contributed by atoms with Crippen molar-refractivity contribution >= 4 is 35.0 Å². The maximum Gasteiger partial charge on any atom is 0.407 e. The number of carboxylic acid groups (broad SMARTS) is 1. The molecule has 2 N–H and O–H groups in total. The fourth-order valence-electron chi connectivity index (χ4n) is 3.60. The van der Waals surface area contributed by atoms with Gasteiger partial charge < -0.3 is 20.1 Å². The second-order valence-electron chi connectivity index (χ2n) is 7.03. The Morgan fingerprint density at radius 2 is 2.07 bits per heavy atom. The molecule has 1 amide bonds. The monoisotopic (exact) mass is 454 g/mol. The van der Waals surface area contributed by atoms with Gasteiger partial charge in [0.25, 0.3) is 5.56 Å². The molecule has 0 saturated carbocycles. The van der Waals surface area contributed by atoms with Crippen LogP contribution in [-0.2, 0) is 18.2 Å². The van der Waals surface area contributed by atoms with Crippen molar-refractivity contribution in [1.82, 2.24) is 14.5 Å². The lowest BCUT2D eigenvalue weighted by atomic mass is 10.1. The third kappa shape index (κ3) is 4.40. The van der Waals surface area contributed by atoms with Crippen molar-refractivity contribution in [2.24, 2.45) is 7.05 Å². The van der Waals surface area contributed by atoms with Gasteiger partial charge in [0.15, 0.2) is 0 Å². The number of likely N-dealkylation sites (tertiary alicyclic amines) is 1. The van der Waals surface area contributed by atoms with Crippen LogP contribution in [0.3, 0.4) is 0 Å². The lowest BCUT2D eigenvalue weighted by Crippen LogP contribution is -2.38.